The van der Waals surface area contributed by atoms with E-state index in [1.54, 1.807) is 26.0 Å². The Morgan fingerprint density at radius 1 is 1.30 bits per heavy atom. The van der Waals surface area contributed by atoms with Gasteiger partial charge in [0, 0.05) is 6.04 Å². The predicted octanol–water partition coefficient (Wildman–Crippen LogP) is 2.90. The zero-order valence-corrected chi connectivity index (χ0v) is 11.2. The molecule has 0 fully saturated rings. The summed E-state index contributed by atoms with van der Waals surface area (Å²) in [6.45, 7) is 1.84. The minimum Gasteiger partial charge on any atom is -0.331 e. The van der Waals surface area contributed by atoms with E-state index in [2.05, 4.69) is 0 Å². The molecule has 0 atom stereocenters. The molecule has 0 saturated carbocycles. The SMILES string of the molecule is CC(C)N(CC(F)(F)F)C(=O)Cc1ccc(C#N)cc1. The minimum atomic E-state index is -4.41. The second-order valence-electron chi connectivity index (χ2n) is 4.72. The highest BCUT2D eigenvalue weighted by molar-refractivity contribution is 5.79. The van der Waals surface area contributed by atoms with E-state index in [9.17, 15) is 18.0 Å². The van der Waals surface area contributed by atoms with Crippen molar-refractivity contribution in [2.24, 2.45) is 0 Å². The first kappa shape index (κ1) is 16.0. The van der Waals surface area contributed by atoms with Gasteiger partial charge in [0.1, 0.15) is 6.54 Å². The number of nitriles is 1. The molecule has 0 radical (unpaired) electrons. The van der Waals surface area contributed by atoms with E-state index in [-0.39, 0.29) is 6.42 Å². The highest BCUT2D eigenvalue weighted by atomic mass is 19.4. The summed E-state index contributed by atoms with van der Waals surface area (Å²) in [4.78, 5) is 12.8. The highest BCUT2D eigenvalue weighted by Crippen LogP contribution is 2.19. The molecule has 1 rings (SSSR count). The lowest BCUT2D eigenvalue weighted by atomic mass is 10.1. The van der Waals surface area contributed by atoms with Crippen LogP contribution in [0.25, 0.3) is 0 Å². The van der Waals surface area contributed by atoms with E-state index in [0.717, 1.165) is 4.90 Å². The zero-order valence-electron chi connectivity index (χ0n) is 11.2. The number of carbonyl (C=O) groups excluding carboxylic acids is 1. The fourth-order valence-corrected chi connectivity index (χ4v) is 1.73. The molecular weight excluding hydrogens is 269 g/mol. The summed E-state index contributed by atoms with van der Waals surface area (Å²) < 4.78 is 37.3. The molecule has 0 aliphatic carbocycles. The number of alkyl halides is 3. The van der Waals surface area contributed by atoms with Crippen molar-refractivity contribution in [3.05, 3.63) is 35.4 Å². The van der Waals surface area contributed by atoms with Crippen LogP contribution in [0.3, 0.4) is 0 Å². The van der Waals surface area contributed by atoms with E-state index < -0.39 is 24.7 Å². The summed E-state index contributed by atoms with van der Waals surface area (Å²) in [5, 5.41) is 8.65. The van der Waals surface area contributed by atoms with Crippen LogP contribution in [0.5, 0.6) is 0 Å². The van der Waals surface area contributed by atoms with Crippen LogP contribution in [-0.2, 0) is 11.2 Å². The van der Waals surface area contributed by atoms with Crippen LogP contribution < -0.4 is 0 Å². The molecule has 1 aromatic carbocycles. The quantitative estimate of drug-likeness (QED) is 0.853. The van der Waals surface area contributed by atoms with Gasteiger partial charge in [0.05, 0.1) is 18.1 Å². The lowest BCUT2D eigenvalue weighted by Gasteiger charge is -2.27. The van der Waals surface area contributed by atoms with E-state index in [1.165, 1.54) is 12.1 Å². The van der Waals surface area contributed by atoms with Crippen LogP contribution in [0.1, 0.15) is 25.0 Å². The summed E-state index contributed by atoms with van der Waals surface area (Å²) in [7, 11) is 0. The number of rotatable bonds is 4. The topological polar surface area (TPSA) is 44.1 Å². The summed E-state index contributed by atoms with van der Waals surface area (Å²) in [6.07, 6.45) is -4.52. The summed E-state index contributed by atoms with van der Waals surface area (Å²) >= 11 is 0. The largest absolute Gasteiger partial charge is 0.406 e. The first-order valence-electron chi connectivity index (χ1n) is 6.08. The molecule has 0 aromatic heterocycles. The number of carbonyl (C=O) groups is 1. The third-order valence-corrected chi connectivity index (χ3v) is 2.73. The van der Waals surface area contributed by atoms with Gasteiger partial charge in [0.2, 0.25) is 5.91 Å². The summed E-state index contributed by atoms with van der Waals surface area (Å²) in [5.74, 6) is -0.581. The van der Waals surface area contributed by atoms with Crippen molar-refractivity contribution < 1.29 is 18.0 Å². The van der Waals surface area contributed by atoms with Gasteiger partial charge in [0.15, 0.2) is 0 Å². The Hall–Kier alpha value is -2.03. The Balaban J connectivity index is 2.78. The van der Waals surface area contributed by atoms with Gasteiger partial charge in [-0.05, 0) is 31.5 Å². The van der Waals surface area contributed by atoms with Crippen LogP contribution >= 0.6 is 0 Å². The maximum atomic E-state index is 12.4. The Morgan fingerprint density at radius 3 is 2.25 bits per heavy atom. The Kier molecular flexibility index (Phi) is 5.14. The average molecular weight is 284 g/mol. The molecule has 0 aliphatic rings. The van der Waals surface area contributed by atoms with Crippen molar-refractivity contribution in [1.29, 1.82) is 5.26 Å². The van der Waals surface area contributed by atoms with Gasteiger partial charge in [-0.15, -0.1) is 0 Å². The van der Waals surface area contributed by atoms with Crippen molar-refractivity contribution in [3.63, 3.8) is 0 Å². The van der Waals surface area contributed by atoms with E-state index in [1.807, 2.05) is 6.07 Å². The van der Waals surface area contributed by atoms with Crippen molar-refractivity contribution >= 4 is 5.91 Å². The molecule has 0 aliphatic heterocycles. The molecule has 108 valence electrons. The van der Waals surface area contributed by atoms with Gasteiger partial charge in [0.25, 0.3) is 0 Å². The number of hydrogen-bond acceptors (Lipinski definition) is 2. The molecule has 0 N–H and O–H groups in total. The van der Waals surface area contributed by atoms with Crippen LogP contribution in [0.15, 0.2) is 24.3 Å². The normalized spacial score (nSPS) is 11.2. The standard InChI is InChI=1S/C14H15F3N2O/c1-10(2)19(9-14(15,16)17)13(20)7-11-3-5-12(8-18)6-4-11/h3-6,10H,7,9H2,1-2H3. The molecular formula is C14H15F3N2O. The Labute approximate surface area is 115 Å². The van der Waals surface area contributed by atoms with Crippen molar-refractivity contribution in [2.75, 3.05) is 6.54 Å². The monoisotopic (exact) mass is 284 g/mol. The maximum Gasteiger partial charge on any atom is 0.406 e. The highest BCUT2D eigenvalue weighted by Gasteiger charge is 2.34. The van der Waals surface area contributed by atoms with Gasteiger partial charge < -0.3 is 4.90 Å². The van der Waals surface area contributed by atoms with Crippen LogP contribution in [0.2, 0.25) is 0 Å². The second kappa shape index (κ2) is 6.42. The number of halogens is 3. The third kappa shape index (κ3) is 4.92. The number of hydrogen-bond donors (Lipinski definition) is 0. The van der Waals surface area contributed by atoms with Gasteiger partial charge in [-0.3, -0.25) is 4.79 Å². The molecule has 3 nitrogen and oxygen atoms in total. The van der Waals surface area contributed by atoms with Crippen molar-refractivity contribution in [2.45, 2.75) is 32.5 Å². The molecule has 1 amide bonds. The molecule has 0 spiro atoms. The molecule has 0 bridgehead atoms. The lowest BCUT2D eigenvalue weighted by Crippen LogP contribution is -2.44. The first-order chi connectivity index (χ1) is 9.23. The summed E-state index contributed by atoms with van der Waals surface area (Å²) in [6, 6.07) is 7.62. The lowest BCUT2D eigenvalue weighted by molar-refractivity contribution is -0.164. The van der Waals surface area contributed by atoms with Gasteiger partial charge >= 0.3 is 6.18 Å². The zero-order chi connectivity index (χ0) is 15.3. The Bertz CT molecular complexity index is 501. The predicted molar refractivity (Wildman–Crippen MR) is 67.8 cm³/mol. The first-order valence-corrected chi connectivity index (χ1v) is 6.08. The van der Waals surface area contributed by atoms with Crippen molar-refractivity contribution in [1.82, 2.24) is 4.90 Å². The second-order valence-corrected chi connectivity index (χ2v) is 4.72. The fraction of sp³-hybridized carbons (Fsp3) is 0.429. The molecule has 1 aromatic rings. The minimum absolute atomic E-state index is 0.111. The van der Waals surface area contributed by atoms with E-state index in [0.29, 0.717) is 11.1 Å². The van der Waals surface area contributed by atoms with E-state index in [4.69, 9.17) is 5.26 Å². The van der Waals surface area contributed by atoms with Gasteiger partial charge in [-0.1, -0.05) is 12.1 Å². The van der Waals surface area contributed by atoms with Crippen LogP contribution in [-0.4, -0.2) is 29.6 Å². The van der Waals surface area contributed by atoms with Crippen molar-refractivity contribution in [3.8, 4) is 6.07 Å². The van der Waals surface area contributed by atoms with Gasteiger partial charge in [-0.2, -0.15) is 18.4 Å². The third-order valence-electron chi connectivity index (χ3n) is 2.73. The van der Waals surface area contributed by atoms with Crippen LogP contribution in [0.4, 0.5) is 13.2 Å². The van der Waals surface area contributed by atoms with Crippen LogP contribution in [0, 0.1) is 11.3 Å². The average Bonchev–Trinajstić information content (AvgIpc) is 2.35. The molecule has 6 heteroatoms. The smallest absolute Gasteiger partial charge is 0.331 e. The Morgan fingerprint density at radius 2 is 1.85 bits per heavy atom. The number of amides is 1. The number of benzene rings is 1. The van der Waals surface area contributed by atoms with Gasteiger partial charge in [-0.25, -0.2) is 0 Å². The fourth-order valence-electron chi connectivity index (χ4n) is 1.73. The molecule has 0 heterocycles. The van der Waals surface area contributed by atoms with E-state index >= 15 is 0 Å². The summed E-state index contributed by atoms with van der Waals surface area (Å²) in [5.41, 5.74) is 1.03. The molecule has 20 heavy (non-hydrogen) atoms. The molecule has 0 unspecified atom stereocenters. The maximum absolute atomic E-state index is 12.4. The number of nitrogens with zero attached hydrogens (tertiary/aromatic N) is 2. The molecule has 0 saturated heterocycles.